The number of nitrogens with one attached hydrogen (secondary N) is 5. The van der Waals surface area contributed by atoms with Gasteiger partial charge in [-0.25, -0.2) is 103 Å². The van der Waals surface area contributed by atoms with Crippen LogP contribution in [0, 0.1) is 72.0 Å². The fourth-order valence-corrected chi connectivity index (χ4v) is 13.3. The number of nitrogens with zero attached hydrogens (tertiary/aromatic N) is 10. The lowest BCUT2D eigenvalue weighted by Gasteiger charge is -2.60. The fourth-order valence-electron chi connectivity index (χ4n) is 12.4. The van der Waals surface area contributed by atoms with Gasteiger partial charge < -0.3 is 77.6 Å². The molecule has 25 nitrogen and oxygen atoms in total. The lowest BCUT2D eigenvalue weighted by atomic mass is 9.60. The van der Waals surface area contributed by atoms with Crippen molar-refractivity contribution in [2.24, 2.45) is 0 Å². The minimum Gasteiger partial charge on any atom is -0.394 e. The van der Waals surface area contributed by atoms with Crippen LogP contribution in [-0.2, 0) is 12.8 Å². The van der Waals surface area contributed by atoms with Gasteiger partial charge in [-0.3, -0.25) is 0 Å². The largest absolute Gasteiger partial charge is 0.394 e. The average Bonchev–Trinajstić information content (AvgIpc) is 0.701. The third kappa shape index (κ3) is 18.5. The van der Waals surface area contributed by atoms with E-state index in [1.165, 1.54) is 26.0 Å². The number of aryl methyl sites for hydroxylation is 4. The van der Waals surface area contributed by atoms with Crippen LogP contribution >= 0.6 is 55.1 Å². The first kappa shape index (κ1) is 86.2. The molecule has 5 heterocycles. The topological polar surface area (TPSA) is 391 Å². The maximum absolute atomic E-state index is 17.8. The van der Waals surface area contributed by atoms with Crippen LogP contribution in [0.4, 0.5) is 81.8 Å². The highest BCUT2D eigenvalue weighted by atomic mass is 79.9. The molecule has 0 saturated carbocycles. The third-order valence-electron chi connectivity index (χ3n) is 18.0. The van der Waals surface area contributed by atoms with Crippen molar-refractivity contribution in [1.29, 1.82) is 0 Å². The van der Waals surface area contributed by atoms with E-state index < -0.39 is 252 Å². The molecule has 10 aromatic rings. The fraction of sp³-hybridized carbons (Fsp3) is 0.306. The van der Waals surface area contributed by atoms with Gasteiger partial charge in [0, 0.05) is 58.0 Å². The number of aromatic nitrogens is 10. The van der Waals surface area contributed by atoms with Crippen molar-refractivity contribution >= 4 is 84.2 Å². The molecule has 600 valence electrons. The molecule has 0 saturated heterocycles. The van der Waals surface area contributed by atoms with Crippen molar-refractivity contribution in [3.8, 4) is 56.9 Å². The SMILES string of the molecule is CCc1cc(NC([C@@H](O)CO)[C@](O)(C(Nc2cc(CC)nc(-c3ccc(F)c(Cl)c3)n2)[C@@H](O)CO)[C@@](O)(C(Nc2cc(C)nc(-c3ccc(Br)c(F)c3)n2)C(Nc2cc(C(F)F)nc(-c3cc(F)c(Cl)cc3F)n2)C(O)CO)C(Nc2nc(-c3cc(F)c(Br)cc3F)nc(C)c2F)[C@@H](O)CO)nc(-c2cc(F)c(F)c(F)c2)n1. The number of hydrogen-bond donors (Lipinski definition) is 15. The second-order valence-corrected chi connectivity index (χ2v) is 28.0. The van der Waals surface area contributed by atoms with E-state index in [1.807, 2.05) is 0 Å². The Morgan fingerprint density at radius 1 is 0.398 bits per heavy atom. The van der Waals surface area contributed by atoms with Crippen molar-refractivity contribution in [3.05, 3.63) is 203 Å². The monoisotopic (exact) mass is 1760 g/mol. The van der Waals surface area contributed by atoms with E-state index in [-0.39, 0.29) is 51.3 Å². The lowest BCUT2D eigenvalue weighted by molar-refractivity contribution is -0.224. The summed E-state index contributed by atoms with van der Waals surface area (Å²) < 4.78 is 188. The Bertz CT molecular complexity index is 5160. The molecule has 0 radical (unpaired) electrons. The number of aliphatic hydroxyl groups is 10. The summed E-state index contributed by atoms with van der Waals surface area (Å²) in [6, 6.07) is -2.59. The van der Waals surface area contributed by atoms with Gasteiger partial charge >= 0.3 is 0 Å². The van der Waals surface area contributed by atoms with E-state index in [0.29, 0.717) is 42.5 Å². The van der Waals surface area contributed by atoms with Crippen LogP contribution in [-0.4, -0.2) is 193 Å². The maximum atomic E-state index is 17.8. The molecular weight excluding hydrogens is 1690 g/mol. The third-order valence-corrected chi connectivity index (χ3v) is 19.8. The Balaban J connectivity index is 1.42. The van der Waals surface area contributed by atoms with Crippen molar-refractivity contribution in [1.82, 2.24) is 49.8 Å². The van der Waals surface area contributed by atoms with Crippen LogP contribution in [0.5, 0.6) is 0 Å². The Kier molecular flexibility index (Phi) is 27.5. The molecule has 11 atom stereocenters. The first-order valence-corrected chi connectivity index (χ1v) is 35.9. The highest BCUT2D eigenvalue weighted by molar-refractivity contribution is 9.10. The van der Waals surface area contributed by atoms with E-state index in [4.69, 9.17) is 23.2 Å². The number of rotatable bonds is 32. The van der Waals surface area contributed by atoms with Gasteiger partial charge in [-0.15, -0.1) is 0 Å². The first-order chi connectivity index (χ1) is 53.5. The second-order valence-electron chi connectivity index (χ2n) is 25.5. The van der Waals surface area contributed by atoms with Crippen LogP contribution < -0.4 is 26.6 Å². The summed E-state index contributed by atoms with van der Waals surface area (Å²) in [5.74, 6) is -22.8. The Morgan fingerprint density at radius 3 is 1.38 bits per heavy atom. The van der Waals surface area contributed by atoms with Gasteiger partial charge in [-0.05, 0) is 131 Å². The molecule has 0 aliphatic carbocycles. The normalized spacial score (nSPS) is 15.3. The summed E-state index contributed by atoms with van der Waals surface area (Å²) in [6.07, 6.45) is -15.6. The molecule has 10 rings (SSSR count). The number of alkyl halides is 2. The van der Waals surface area contributed by atoms with Crippen molar-refractivity contribution in [2.75, 3.05) is 53.0 Å². The predicted octanol–water partition coefficient (Wildman–Crippen LogP) is 10.5. The Labute approximate surface area is 659 Å². The number of hydrogen-bond acceptors (Lipinski definition) is 25. The van der Waals surface area contributed by atoms with E-state index in [2.05, 4.69) is 108 Å². The maximum Gasteiger partial charge on any atom is 0.280 e. The van der Waals surface area contributed by atoms with Crippen LogP contribution in [0.3, 0.4) is 0 Å². The lowest BCUT2D eigenvalue weighted by Crippen LogP contribution is -2.86. The molecule has 0 aliphatic heterocycles. The molecule has 5 aromatic carbocycles. The van der Waals surface area contributed by atoms with E-state index >= 15 is 54.1 Å². The zero-order valence-electron chi connectivity index (χ0n) is 58.7. The van der Waals surface area contributed by atoms with Gasteiger partial charge in [0.2, 0.25) is 0 Å². The van der Waals surface area contributed by atoms with E-state index in [0.717, 1.165) is 49.4 Å². The summed E-state index contributed by atoms with van der Waals surface area (Å²) in [7, 11) is 0. The molecule has 0 fully saturated rings. The molecular formula is C72H65Br2Cl2F12N15O10. The molecule has 0 bridgehead atoms. The molecule has 0 spiro atoms. The first-order valence-electron chi connectivity index (χ1n) is 33.6. The van der Waals surface area contributed by atoms with Crippen LogP contribution in [0.2, 0.25) is 10.0 Å². The summed E-state index contributed by atoms with van der Waals surface area (Å²) in [4.78, 5) is 42.7. The smallest absolute Gasteiger partial charge is 0.280 e. The number of benzene rings is 5. The van der Waals surface area contributed by atoms with Crippen molar-refractivity contribution < 1.29 is 104 Å². The van der Waals surface area contributed by atoms with Gasteiger partial charge in [0.1, 0.15) is 93.4 Å². The highest BCUT2D eigenvalue weighted by Gasteiger charge is 2.71. The minimum atomic E-state index is -4.55. The number of halogens is 16. The molecule has 113 heavy (non-hydrogen) atoms. The number of aliphatic hydroxyl groups excluding tert-OH is 8. The molecule has 15 N–H and O–H groups in total. The van der Waals surface area contributed by atoms with Gasteiger partial charge in [-0.1, -0.05) is 37.0 Å². The minimum absolute atomic E-state index is 0.000142. The average molecular weight is 1760 g/mol. The molecule has 0 amide bonds. The zero-order valence-corrected chi connectivity index (χ0v) is 63.4. The highest BCUT2D eigenvalue weighted by Crippen LogP contribution is 2.47. The van der Waals surface area contributed by atoms with Crippen LogP contribution in [0.25, 0.3) is 56.9 Å². The van der Waals surface area contributed by atoms with Crippen molar-refractivity contribution in [2.45, 2.75) is 113 Å². The molecule has 41 heteroatoms. The molecule has 6 unspecified atom stereocenters. The van der Waals surface area contributed by atoms with E-state index in [1.54, 1.807) is 6.92 Å². The Morgan fingerprint density at radius 2 is 0.841 bits per heavy atom. The Hall–Kier alpha value is -9.20. The zero-order chi connectivity index (χ0) is 82.6. The summed E-state index contributed by atoms with van der Waals surface area (Å²) in [5.41, 5.74) is -14.2. The van der Waals surface area contributed by atoms with Gasteiger partial charge in [-0.2, -0.15) is 0 Å². The predicted molar refractivity (Wildman–Crippen MR) is 395 cm³/mol. The quantitative estimate of drug-likeness (QED) is 0.0106. The number of anilines is 5. The van der Waals surface area contributed by atoms with Crippen molar-refractivity contribution in [3.63, 3.8) is 0 Å². The summed E-state index contributed by atoms with van der Waals surface area (Å²) in [6.45, 7) is -1.72. The molecule has 0 aliphatic rings. The van der Waals surface area contributed by atoms with Crippen LogP contribution in [0.1, 0.15) is 48.7 Å². The summed E-state index contributed by atoms with van der Waals surface area (Å²) in [5, 5.41) is 142. The second kappa shape index (κ2) is 36.1. The standard InChI is InChI=1S/C72H65Br2Cl2F12N15O10/c1-5-32-16-54(99-66(91-32)29-8-10-40(77)38(75)12-29)95-60(50(109)24-105)71(112,61(51(110)25-106)96-55-17-33(6-2)92-67(100-55)31-14-46(83)58(86)47(84)15-31)72(113,62(52(111)26-107)102-70-57(85)28(4)90-68(103-70)34-18-44(81)37(74)20-41(34)78)63(97-53-11-27(3)89-65(98-53)30-7-9-36(73)43(80)13-30)59(49(108)23-104)94-56-22-48(64(87)88)93-69(101-56)35-19-45(82)39(76)21-42(35)79/h7-22,49-52,59-64,104-113H,5-6,23-26H2,1-4H3,(H,89,97,98)(H,90,102,103)(H,91,95,99)(H,92,96,100)(H,93,94,101)/t49?,50-,51-,52-,59?,60?,61?,62?,63?,71+,72-/m0/s1. The molecule has 5 aromatic heterocycles. The summed E-state index contributed by atoms with van der Waals surface area (Å²) >= 11 is 18.1. The van der Waals surface area contributed by atoms with E-state index in [9.17, 15) is 49.6 Å². The van der Waals surface area contributed by atoms with Gasteiger partial charge in [0.05, 0.1) is 98.6 Å². The van der Waals surface area contributed by atoms with Gasteiger partial charge in [0.15, 0.2) is 58.2 Å². The van der Waals surface area contributed by atoms with Crippen LogP contribution in [0.15, 0.2) is 106 Å². The van der Waals surface area contributed by atoms with Gasteiger partial charge in [0.25, 0.3) is 6.43 Å².